The van der Waals surface area contributed by atoms with Crippen molar-refractivity contribution in [3.8, 4) is 0 Å². The minimum Gasteiger partial charge on any atom is -0.342 e. The first kappa shape index (κ1) is 16.4. The molecule has 0 aliphatic carbocycles. The molecule has 4 nitrogen and oxygen atoms in total. The number of carbonyl (C=O) groups excluding carboxylic acids is 1. The predicted octanol–water partition coefficient (Wildman–Crippen LogP) is 2.35. The molecule has 0 spiro atoms. The van der Waals surface area contributed by atoms with Crippen LogP contribution in [0.2, 0.25) is 0 Å². The van der Waals surface area contributed by atoms with Gasteiger partial charge in [-0.25, -0.2) is 0 Å². The summed E-state index contributed by atoms with van der Waals surface area (Å²) in [5.74, 6) is -0.486. The van der Waals surface area contributed by atoms with Crippen LogP contribution in [0.1, 0.15) is 46.0 Å². The lowest BCUT2D eigenvalue weighted by Crippen LogP contribution is -2.31. The van der Waals surface area contributed by atoms with Crippen molar-refractivity contribution in [2.75, 3.05) is 18.8 Å². The van der Waals surface area contributed by atoms with E-state index in [1.54, 1.807) is 4.90 Å². The zero-order valence-electron chi connectivity index (χ0n) is 11.8. The second-order valence-electron chi connectivity index (χ2n) is 5.49. The summed E-state index contributed by atoms with van der Waals surface area (Å²) in [6.07, 6.45) is 4.53. The Morgan fingerprint density at radius 2 is 2.11 bits per heavy atom. The summed E-state index contributed by atoms with van der Waals surface area (Å²) >= 11 is 0. The van der Waals surface area contributed by atoms with Gasteiger partial charge in [0.2, 0.25) is 5.91 Å². The number of hydrogen-bond acceptors (Lipinski definition) is 3. The smallest absolute Gasteiger partial charge is 0.302 e. The molecule has 0 aromatic carbocycles. The van der Waals surface area contributed by atoms with E-state index in [9.17, 15) is 17.1 Å². The molecule has 112 valence electrons. The lowest BCUT2D eigenvalue weighted by Gasteiger charge is -2.23. The van der Waals surface area contributed by atoms with E-state index in [0.29, 0.717) is 19.0 Å². The first-order valence-electron chi connectivity index (χ1n) is 7.05. The van der Waals surface area contributed by atoms with Gasteiger partial charge in [-0.1, -0.05) is 33.1 Å². The first-order valence-corrected chi connectivity index (χ1v) is 8.61. The maximum atomic E-state index is 12.6. The van der Waals surface area contributed by atoms with Crippen LogP contribution in [-0.4, -0.2) is 38.1 Å². The minimum absolute atomic E-state index is 0.0383. The van der Waals surface area contributed by atoms with Gasteiger partial charge in [0.05, 0.1) is 5.75 Å². The summed E-state index contributed by atoms with van der Waals surface area (Å²) in [7, 11) is -4.48. The molecule has 1 aliphatic rings. The summed E-state index contributed by atoms with van der Waals surface area (Å²) in [5.41, 5.74) is 0. The van der Waals surface area contributed by atoms with Gasteiger partial charge in [-0.3, -0.25) is 4.79 Å². The lowest BCUT2D eigenvalue weighted by molar-refractivity contribution is -0.128. The Kier molecular flexibility index (Phi) is 6.23. The largest absolute Gasteiger partial charge is 0.342 e. The third kappa shape index (κ3) is 5.89. The van der Waals surface area contributed by atoms with Crippen LogP contribution < -0.4 is 0 Å². The molecule has 0 radical (unpaired) electrons. The highest BCUT2D eigenvalue weighted by Crippen LogP contribution is 2.23. The molecule has 1 amide bonds. The van der Waals surface area contributed by atoms with Crippen LogP contribution in [0, 0.1) is 11.8 Å². The molecule has 6 heteroatoms. The topological polar surface area (TPSA) is 54.5 Å². The quantitative estimate of drug-likeness (QED) is 0.646. The van der Waals surface area contributed by atoms with Crippen LogP contribution in [-0.2, 0) is 15.0 Å². The number of unbranched alkanes of at least 4 members (excludes halogenated alkanes) is 1. The fraction of sp³-hybridized carbons (Fsp3) is 0.923. The van der Waals surface area contributed by atoms with E-state index >= 15 is 0 Å². The van der Waals surface area contributed by atoms with Crippen molar-refractivity contribution in [2.45, 2.75) is 46.0 Å². The number of carbonyl (C=O) groups is 1. The molecule has 1 rings (SSSR count). The molecule has 1 heterocycles. The van der Waals surface area contributed by atoms with E-state index in [2.05, 4.69) is 13.8 Å². The number of amides is 1. The van der Waals surface area contributed by atoms with Gasteiger partial charge in [-0.2, -0.15) is 8.42 Å². The molecule has 1 aliphatic heterocycles. The van der Waals surface area contributed by atoms with E-state index in [1.165, 1.54) is 0 Å². The van der Waals surface area contributed by atoms with Crippen LogP contribution >= 0.6 is 0 Å². The third-order valence-electron chi connectivity index (χ3n) is 3.75. The van der Waals surface area contributed by atoms with Gasteiger partial charge in [-0.15, -0.1) is 3.89 Å². The van der Waals surface area contributed by atoms with Crippen molar-refractivity contribution in [3.05, 3.63) is 0 Å². The van der Waals surface area contributed by atoms with Gasteiger partial charge in [0.1, 0.15) is 0 Å². The summed E-state index contributed by atoms with van der Waals surface area (Å²) in [6, 6.07) is 0. The number of halogens is 1. The molecule has 0 aromatic heterocycles. The van der Waals surface area contributed by atoms with Crippen molar-refractivity contribution < 1.29 is 17.1 Å². The maximum absolute atomic E-state index is 12.6. The zero-order valence-corrected chi connectivity index (χ0v) is 12.6. The first-order chi connectivity index (χ1) is 8.85. The molecule has 0 bridgehead atoms. The number of rotatable bonds is 8. The van der Waals surface area contributed by atoms with Crippen LogP contribution in [0.4, 0.5) is 3.89 Å². The molecule has 2 atom stereocenters. The monoisotopic (exact) mass is 293 g/mol. The van der Waals surface area contributed by atoms with Gasteiger partial charge < -0.3 is 4.90 Å². The average molecular weight is 293 g/mol. The van der Waals surface area contributed by atoms with E-state index < -0.39 is 16.0 Å². The summed E-state index contributed by atoms with van der Waals surface area (Å²) in [5, 5.41) is 0. The zero-order chi connectivity index (χ0) is 14.5. The van der Waals surface area contributed by atoms with Crippen LogP contribution in [0.3, 0.4) is 0 Å². The van der Waals surface area contributed by atoms with Gasteiger partial charge in [0, 0.05) is 25.4 Å². The maximum Gasteiger partial charge on any atom is 0.302 e. The molecular formula is C13H24FNO3S. The highest BCUT2D eigenvalue weighted by atomic mass is 32.3. The minimum atomic E-state index is -4.48. The molecule has 1 saturated heterocycles. The third-order valence-corrected chi connectivity index (χ3v) is 4.62. The molecule has 2 unspecified atom stereocenters. The van der Waals surface area contributed by atoms with Crippen LogP contribution in [0.5, 0.6) is 0 Å². The molecular weight excluding hydrogens is 269 g/mol. The number of nitrogens with zero attached hydrogens (tertiary/aromatic N) is 1. The summed E-state index contributed by atoms with van der Waals surface area (Å²) in [4.78, 5) is 13.5. The van der Waals surface area contributed by atoms with E-state index in [4.69, 9.17) is 0 Å². The molecule has 0 aromatic rings. The fourth-order valence-electron chi connectivity index (χ4n) is 2.65. The molecule has 0 saturated carbocycles. The van der Waals surface area contributed by atoms with Crippen molar-refractivity contribution >= 4 is 16.1 Å². The van der Waals surface area contributed by atoms with E-state index in [-0.39, 0.29) is 18.2 Å². The molecule has 19 heavy (non-hydrogen) atoms. The fourth-order valence-corrected chi connectivity index (χ4v) is 3.44. The number of likely N-dealkylation sites (tertiary alicyclic amines) is 1. The van der Waals surface area contributed by atoms with Crippen molar-refractivity contribution in [2.24, 2.45) is 11.8 Å². The predicted molar refractivity (Wildman–Crippen MR) is 72.9 cm³/mol. The van der Waals surface area contributed by atoms with Gasteiger partial charge >= 0.3 is 10.2 Å². The Labute approximate surface area is 115 Å². The normalized spacial score (nSPS) is 21.9. The Hall–Kier alpha value is -0.650. The van der Waals surface area contributed by atoms with Crippen molar-refractivity contribution in [1.29, 1.82) is 0 Å². The Bertz CT molecular complexity index is 397. The van der Waals surface area contributed by atoms with Crippen LogP contribution in [0.15, 0.2) is 0 Å². The second-order valence-corrected chi connectivity index (χ2v) is 6.90. The average Bonchev–Trinajstić information content (AvgIpc) is 2.62. The van der Waals surface area contributed by atoms with Gasteiger partial charge in [0.15, 0.2) is 0 Å². The lowest BCUT2D eigenvalue weighted by atomic mass is 9.99. The number of hydrogen-bond donors (Lipinski definition) is 0. The highest BCUT2D eigenvalue weighted by molar-refractivity contribution is 7.86. The second kappa shape index (κ2) is 7.22. The van der Waals surface area contributed by atoms with Crippen molar-refractivity contribution in [3.63, 3.8) is 0 Å². The standard InChI is InChI=1S/C13H24FNO3S/c1-3-5-6-11(4-2)8-15-9-12(7-13(15)16)10-19(14,17)18/h11-12H,3-10H2,1-2H3. The highest BCUT2D eigenvalue weighted by Gasteiger charge is 2.33. The van der Waals surface area contributed by atoms with Gasteiger partial charge in [-0.05, 0) is 12.3 Å². The Morgan fingerprint density at radius 3 is 2.63 bits per heavy atom. The summed E-state index contributed by atoms with van der Waals surface area (Å²) < 4.78 is 33.9. The van der Waals surface area contributed by atoms with E-state index in [1.807, 2.05) is 0 Å². The Balaban J connectivity index is 2.48. The van der Waals surface area contributed by atoms with E-state index in [0.717, 1.165) is 25.7 Å². The van der Waals surface area contributed by atoms with Crippen molar-refractivity contribution in [1.82, 2.24) is 4.90 Å². The molecule has 0 N–H and O–H groups in total. The molecule has 1 fully saturated rings. The van der Waals surface area contributed by atoms with Gasteiger partial charge in [0.25, 0.3) is 0 Å². The Morgan fingerprint density at radius 1 is 1.42 bits per heavy atom. The summed E-state index contributed by atoms with van der Waals surface area (Å²) in [6.45, 7) is 5.29. The van der Waals surface area contributed by atoms with Crippen LogP contribution in [0.25, 0.3) is 0 Å². The SMILES string of the molecule is CCCCC(CC)CN1CC(CS(=O)(=O)F)CC1=O.